The molecular weight excluding hydrogens is 330 g/mol. The minimum absolute atomic E-state index is 0.0428. The van der Waals surface area contributed by atoms with E-state index < -0.39 is 0 Å². The van der Waals surface area contributed by atoms with Gasteiger partial charge in [-0.15, -0.1) is 0 Å². The van der Waals surface area contributed by atoms with E-state index in [0.29, 0.717) is 6.04 Å². The number of amides is 3. The third-order valence-corrected chi connectivity index (χ3v) is 6.35. The highest BCUT2D eigenvalue weighted by atomic mass is 16.2. The lowest BCUT2D eigenvalue weighted by Crippen LogP contribution is -2.41. The average Bonchev–Trinajstić information content (AvgIpc) is 3.29. The lowest BCUT2D eigenvalue weighted by atomic mass is 9.81. The molecule has 3 heterocycles. The van der Waals surface area contributed by atoms with Gasteiger partial charge in [-0.3, -0.25) is 19.3 Å². The maximum absolute atomic E-state index is 12.5. The second-order valence-electron chi connectivity index (χ2n) is 7.82. The van der Waals surface area contributed by atoms with E-state index in [1.807, 2.05) is 17.0 Å². The van der Waals surface area contributed by atoms with Crippen LogP contribution in [0.2, 0.25) is 0 Å². The molecule has 1 saturated carbocycles. The van der Waals surface area contributed by atoms with Crippen LogP contribution in [0.25, 0.3) is 0 Å². The standard InChI is InChI=1S/C20H27N3O3/c24-18(22-12-7-15(8-13-22)21-10-3-4-11-21)9-14-23-19(25)16-5-1-2-6-17(16)20(23)26/h3-4,10-11,15-17H,1-2,5-9,12-14H2/t16-,17+. The van der Waals surface area contributed by atoms with Crippen molar-refractivity contribution in [1.82, 2.24) is 14.4 Å². The number of hydrogen-bond donors (Lipinski definition) is 0. The molecule has 0 spiro atoms. The van der Waals surface area contributed by atoms with Crippen molar-refractivity contribution < 1.29 is 14.4 Å². The normalized spacial score (nSPS) is 27.1. The molecule has 4 rings (SSSR count). The fourth-order valence-electron chi connectivity index (χ4n) is 4.82. The Balaban J connectivity index is 1.28. The number of imide groups is 1. The quantitative estimate of drug-likeness (QED) is 0.776. The van der Waals surface area contributed by atoms with Gasteiger partial charge in [0.25, 0.3) is 0 Å². The largest absolute Gasteiger partial charge is 0.351 e. The molecule has 2 aliphatic heterocycles. The van der Waals surface area contributed by atoms with Gasteiger partial charge in [-0.1, -0.05) is 12.8 Å². The Labute approximate surface area is 154 Å². The second-order valence-corrected chi connectivity index (χ2v) is 7.82. The van der Waals surface area contributed by atoms with E-state index in [0.717, 1.165) is 51.6 Å². The molecule has 3 aliphatic rings. The van der Waals surface area contributed by atoms with Crippen molar-refractivity contribution in [3.05, 3.63) is 24.5 Å². The SMILES string of the molecule is O=C(CCN1C(=O)[C@H]2CCCC[C@H]2C1=O)N1CCC(n2cccc2)CC1. The Kier molecular flexibility index (Phi) is 4.83. The number of likely N-dealkylation sites (tertiary alicyclic amines) is 2. The molecule has 0 N–H and O–H groups in total. The summed E-state index contributed by atoms with van der Waals surface area (Å²) in [5, 5.41) is 0. The molecule has 0 aromatic carbocycles. The first-order valence-electron chi connectivity index (χ1n) is 9.90. The van der Waals surface area contributed by atoms with Crippen LogP contribution in [0.5, 0.6) is 0 Å². The molecule has 0 bridgehead atoms. The molecule has 1 aliphatic carbocycles. The van der Waals surface area contributed by atoms with Crippen LogP contribution in [-0.2, 0) is 14.4 Å². The second kappa shape index (κ2) is 7.25. The maximum atomic E-state index is 12.5. The number of fused-ring (bicyclic) bond motifs is 1. The molecule has 6 heteroatoms. The highest BCUT2D eigenvalue weighted by Gasteiger charge is 2.47. The Morgan fingerprint density at radius 2 is 1.50 bits per heavy atom. The Morgan fingerprint density at radius 1 is 0.923 bits per heavy atom. The lowest BCUT2D eigenvalue weighted by Gasteiger charge is -2.33. The van der Waals surface area contributed by atoms with E-state index in [1.54, 1.807) is 0 Å². The Morgan fingerprint density at radius 3 is 2.08 bits per heavy atom. The Bertz CT molecular complexity index is 652. The minimum atomic E-state index is -0.122. The monoisotopic (exact) mass is 357 g/mol. The van der Waals surface area contributed by atoms with E-state index in [1.165, 1.54) is 4.90 Å². The third kappa shape index (κ3) is 3.17. The van der Waals surface area contributed by atoms with Gasteiger partial charge in [0.2, 0.25) is 17.7 Å². The van der Waals surface area contributed by atoms with Crippen LogP contribution in [0.4, 0.5) is 0 Å². The van der Waals surface area contributed by atoms with E-state index in [9.17, 15) is 14.4 Å². The highest BCUT2D eigenvalue weighted by molar-refractivity contribution is 6.05. The number of hydrogen-bond acceptors (Lipinski definition) is 3. The summed E-state index contributed by atoms with van der Waals surface area (Å²) in [4.78, 5) is 40.8. The number of nitrogens with zero attached hydrogens (tertiary/aromatic N) is 3. The van der Waals surface area contributed by atoms with Gasteiger partial charge in [-0.05, 0) is 37.8 Å². The van der Waals surface area contributed by atoms with E-state index >= 15 is 0 Å². The summed E-state index contributed by atoms with van der Waals surface area (Å²) < 4.78 is 2.21. The molecule has 140 valence electrons. The fourth-order valence-corrected chi connectivity index (χ4v) is 4.82. The van der Waals surface area contributed by atoms with Crippen LogP contribution in [0, 0.1) is 11.8 Å². The first-order valence-corrected chi connectivity index (χ1v) is 9.90. The molecule has 3 fully saturated rings. The van der Waals surface area contributed by atoms with Crippen LogP contribution in [0.3, 0.4) is 0 Å². The first kappa shape index (κ1) is 17.3. The van der Waals surface area contributed by atoms with Crippen molar-refractivity contribution in [1.29, 1.82) is 0 Å². The molecule has 0 radical (unpaired) electrons. The van der Waals surface area contributed by atoms with Gasteiger partial charge in [0.15, 0.2) is 0 Å². The summed E-state index contributed by atoms with van der Waals surface area (Å²) in [7, 11) is 0. The molecule has 0 unspecified atom stereocenters. The van der Waals surface area contributed by atoms with Crippen molar-refractivity contribution >= 4 is 17.7 Å². The molecule has 3 amide bonds. The summed E-state index contributed by atoms with van der Waals surface area (Å²) in [6.07, 6.45) is 10.0. The van der Waals surface area contributed by atoms with Gasteiger partial charge >= 0.3 is 0 Å². The molecular formula is C20H27N3O3. The lowest BCUT2D eigenvalue weighted by molar-refractivity contribution is -0.141. The topological polar surface area (TPSA) is 62.6 Å². The van der Waals surface area contributed by atoms with E-state index in [-0.39, 0.29) is 42.5 Å². The number of rotatable bonds is 4. The van der Waals surface area contributed by atoms with Gasteiger partial charge in [-0.2, -0.15) is 0 Å². The van der Waals surface area contributed by atoms with Crippen molar-refractivity contribution in [3.8, 4) is 0 Å². The van der Waals surface area contributed by atoms with Crippen molar-refractivity contribution in [2.75, 3.05) is 19.6 Å². The molecule has 26 heavy (non-hydrogen) atoms. The highest BCUT2D eigenvalue weighted by Crippen LogP contribution is 2.38. The van der Waals surface area contributed by atoms with Crippen molar-refractivity contribution in [3.63, 3.8) is 0 Å². The number of aromatic nitrogens is 1. The Hall–Kier alpha value is -2.11. The van der Waals surface area contributed by atoms with Crippen LogP contribution < -0.4 is 0 Å². The minimum Gasteiger partial charge on any atom is -0.351 e. The first-order chi connectivity index (χ1) is 12.6. The maximum Gasteiger partial charge on any atom is 0.233 e. The van der Waals surface area contributed by atoms with Gasteiger partial charge in [0.1, 0.15) is 0 Å². The van der Waals surface area contributed by atoms with Gasteiger partial charge < -0.3 is 9.47 Å². The van der Waals surface area contributed by atoms with Crippen LogP contribution in [-0.4, -0.2) is 51.7 Å². The molecule has 1 aromatic rings. The zero-order chi connectivity index (χ0) is 18.1. The molecule has 2 atom stereocenters. The molecule has 1 aromatic heterocycles. The molecule has 2 saturated heterocycles. The van der Waals surface area contributed by atoms with E-state index in [4.69, 9.17) is 0 Å². The predicted octanol–water partition coefficient (Wildman–Crippen LogP) is 2.22. The summed E-state index contributed by atoms with van der Waals surface area (Å²) in [5.41, 5.74) is 0. The molecule has 6 nitrogen and oxygen atoms in total. The summed E-state index contributed by atoms with van der Waals surface area (Å²) >= 11 is 0. The van der Waals surface area contributed by atoms with E-state index in [2.05, 4.69) is 17.0 Å². The summed E-state index contributed by atoms with van der Waals surface area (Å²) in [5.74, 6) is -0.267. The average molecular weight is 357 g/mol. The van der Waals surface area contributed by atoms with Gasteiger partial charge in [0, 0.05) is 44.5 Å². The van der Waals surface area contributed by atoms with Crippen molar-refractivity contribution in [2.24, 2.45) is 11.8 Å². The van der Waals surface area contributed by atoms with Gasteiger partial charge in [0.05, 0.1) is 11.8 Å². The fraction of sp³-hybridized carbons (Fsp3) is 0.650. The van der Waals surface area contributed by atoms with Gasteiger partial charge in [-0.25, -0.2) is 0 Å². The zero-order valence-electron chi connectivity index (χ0n) is 15.2. The van der Waals surface area contributed by atoms with Crippen LogP contribution in [0.1, 0.15) is 51.0 Å². The summed E-state index contributed by atoms with van der Waals surface area (Å²) in [6, 6.07) is 4.51. The third-order valence-electron chi connectivity index (χ3n) is 6.35. The van der Waals surface area contributed by atoms with Crippen molar-refractivity contribution in [2.45, 2.75) is 51.0 Å². The van der Waals surface area contributed by atoms with Crippen LogP contribution >= 0.6 is 0 Å². The number of carbonyl (C=O) groups excluding carboxylic acids is 3. The summed E-state index contributed by atoms with van der Waals surface area (Å²) in [6.45, 7) is 1.74. The predicted molar refractivity (Wildman–Crippen MR) is 96.1 cm³/mol. The zero-order valence-corrected chi connectivity index (χ0v) is 15.2. The number of piperidine rings is 1. The number of carbonyl (C=O) groups is 3. The smallest absolute Gasteiger partial charge is 0.233 e. The van der Waals surface area contributed by atoms with Crippen LogP contribution in [0.15, 0.2) is 24.5 Å².